The molecule has 0 bridgehead atoms. The van der Waals surface area contributed by atoms with Crippen molar-refractivity contribution in [1.82, 2.24) is 19.7 Å². The third kappa shape index (κ3) is 3.36. The summed E-state index contributed by atoms with van der Waals surface area (Å²) < 4.78 is 1.80. The summed E-state index contributed by atoms with van der Waals surface area (Å²) in [5.41, 5.74) is 4.22. The first kappa shape index (κ1) is 16.1. The zero-order chi connectivity index (χ0) is 17.2. The molecule has 0 atom stereocenters. The van der Waals surface area contributed by atoms with Gasteiger partial charge >= 0.3 is 0 Å². The molecule has 4 nitrogen and oxygen atoms in total. The van der Waals surface area contributed by atoms with Crippen LogP contribution in [0.3, 0.4) is 0 Å². The molecular formula is C19H16N4S2. The van der Waals surface area contributed by atoms with Gasteiger partial charge in [-0.15, -0.1) is 11.3 Å². The van der Waals surface area contributed by atoms with Crippen molar-refractivity contribution in [2.24, 2.45) is 7.05 Å². The first-order chi connectivity index (χ1) is 12.2. The Morgan fingerprint density at radius 2 is 1.92 bits per heavy atom. The molecule has 0 aliphatic rings. The summed E-state index contributed by atoms with van der Waals surface area (Å²) >= 11 is 3.36. The maximum atomic E-state index is 4.61. The zero-order valence-corrected chi connectivity index (χ0v) is 15.5. The monoisotopic (exact) mass is 364 g/mol. The lowest BCUT2D eigenvalue weighted by atomic mass is 10.0. The molecule has 124 valence electrons. The summed E-state index contributed by atoms with van der Waals surface area (Å²) in [7, 11) is 1.92. The van der Waals surface area contributed by atoms with E-state index in [1.807, 2.05) is 38.6 Å². The molecule has 0 aliphatic carbocycles. The van der Waals surface area contributed by atoms with E-state index in [9.17, 15) is 0 Å². The molecule has 0 saturated heterocycles. The van der Waals surface area contributed by atoms with Gasteiger partial charge in [0.25, 0.3) is 0 Å². The summed E-state index contributed by atoms with van der Waals surface area (Å²) in [6, 6.07) is 12.5. The minimum atomic E-state index is 0.943. The number of nitrogens with zero attached hydrogens (tertiary/aromatic N) is 4. The summed E-state index contributed by atoms with van der Waals surface area (Å²) in [6.07, 6.45) is 5.67. The second-order valence-electron chi connectivity index (χ2n) is 5.61. The van der Waals surface area contributed by atoms with E-state index in [0.717, 1.165) is 32.4 Å². The minimum absolute atomic E-state index is 0.943. The molecule has 0 amide bonds. The second-order valence-corrected chi connectivity index (χ2v) is 7.73. The first-order valence-corrected chi connectivity index (χ1v) is 9.54. The topological polar surface area (TPSA) is 43.6 Å². The van der Waals surface area contributed by atoms with Gasteiger partial charge in [-0.1, -0.05) is 36.0 Å². The fourth-order valence-corrected chi connectivity index (χ4v) is 4.39. The van der Waals surface area contributed by atoms with Crippen LogP contribution in [0.1, 0.15) is 5.01 Å². The first-order valence-electron chi connectivity index (χ1n) is 7.84. The molecular weight excluding hydrogens is 348 g/mol. The van der Waals surface area contributed by atoms with Crippen LogP contribution < -0.4 is 0 Å². The van der Waals surface area contributed by atoms with E-state index in [1.165, 1.54) is 4.90 Å². The Morgan fingerprint density at radius 1 is 1.08 bits per heavy atom. The molecule has 4 rings (SSSR count). The molecule has 0 radical (unpaired) electrons. The average Bonchev–Trinajstić information content (AvgIpc) is 3.24. The predicted molar refractivity (Wildman–Crippen MR) is 103 cm³/mol. The van der Waals surface area contributed by atoms with Crippen molar-refractivity contribution < 1.29 is 0 Å². The number of hydrogen-bond donors (Lipinski definition) is 0. The Labute approximate surface area is 154 Å². The van der Waals surface area contributed by atoms with Crippen LogP contribution in [0.2, 0.25) is 0 Å². The fraction of sp³-hybridized carbons (Fsp3) is 0.105. The lowest BCUT2D eigenvalue weighted by Crippen LogP contribution is -1.90. The van der Waals surface area contributed by atoms with Crippen LogP contribution in [0.15, 0.2) is 70.3 Å². The smallest absolute Gasteiger partial charge is 0.112 e. The van der Waals surface area contributed by atoms with Crippen molar-refractivity contribution in [2.45, 2.75) is 16.8 Å². The van der Waals surface area contributed by atoms with Crippen LogP contribution >= 0.6 is 23.1 Å². The molecule has 0 saturated carbocycles. The van der Waals surface area contributed by atoms with Crippen LogP contribution in [0.4, 0.5) is 0 Å². The van der Waals surface area contributed by atoms with E-state index in [-0.39, 0.29) is 0 Å². The summed E-state index contributed by atoms with van der Waals surface area (Å²) in [5.74, 6) is 0. The van der Waals surface area contributed by atoms with Crippen molar-refractivity contribution in [1.29, 1.82) is 0 Å². The fourth-order valence-electron chi connectivity index (χ4n) is 2.68. The average molecular weight is 364 g/mol. The number of thiazole rings is 1. The Kier molecular flexibility index (Phi) is 4.38. The molecule has 0 aliphatic heterocycles. The minimum Gasteiger partial charge on any atom is -0.275 e. The SMILES string of the molecule is Cc1nc(Sc2ccccc2-c2cccnc2-c2cnn(C)c2)cs1. The van der Waals surface area contributed by atoms with Gasteiger partial charge in [-0.05, 0) is 24.6 Å². The summed E-state index contributed by atoms with van der Waals surface area (Å²) in [4.78, 5) is 10.4. The predicted octanol–water partition coefficient (Wildman–Crippen LogP) is 5.07. The van der Waals surface area contributed by atoms with Crippen molar-refractivity contribution in [3.63, 3.8) is 0 Å². The Bertz CT molecular complexity index is 1020. The number of rotatable bonds is 4. The van der Waals surface area contributed by atoms with Crippen molar-refractivity contribution in [3.05, 3.63) is 65.4 Å². The van der Waals surface area contributed by atoms with Crippen LogP contribution in [-0.2, 0) is 7.05 Å². The van der Waals surface area contributed by atoms with E-state index in [1.54, 1.807) is 27.8 Å². The highest BCUT2D eigenvalue weighted by Gasteiger charge is 2.14. The molecule has 0 N–H and O–H groups in total. The van der Waals surface area contributed by atoms with Gasteiger partial charge in [0.15, 0.2) is 0 Å². The van der Waals surface area contributed by atoms with Gasteiger partial charge in [-0.2, -0.15) is 5.10 Å². The van der Waals surface area contributed by atoms with Gasteiger partial charge in [-0.25, -0.2) is 4.98 Å². The van der Waals surface area contributed by atoms with Gasteiger partial charge in [0.1, 0.15) is 5.03 Å². The Balaban J connectivity index is 1.81. The highest BCUT2D eigenvalue weighted by Crippen LogP contribution is 2.39. The van der Waals surface area contributed by atoms with Gasteiger partial charge in [0.05, 0.1) is 16.9 Å². The van der Waals surface area contributed by atoms with Gasteiger partial charge in [0, 0.05) is 40.8 Å². The maximum Gasteiger partial charge on any atom is 0.112 e. The molecule has 0 fully saturated rings. The molecule has 0 spiro atoms. The van der Waals surface area contributed by atoms with Gasteiger partial charge < -0.3 is 0 Å². The van der Waals surface area contributed by atoms with Crippen LogP contribution in [0.25, 0.3) is 22.4 Å². The third-order valence-corrected chi connectivity index (χ3v) is 5.69. The zero-order valence-electron chi connectivity index (χ0n) is 13.9. The van der Waals surface area contributed by atoms with Gasteiger partial charge in [-0.3, -0.25) is 9.67 Å². The number of aromatic nitrogens is 4. The molecule has 0 unspecified atom stereocenters. The standard InChI is InChI=1S/C19H16N4S2/c1-13-22-18(12-24-13)25-17-8-4-3-6-15(17)16-7-5-9-20-19(16)14-10-21-23(2)11-14/h3-12H,1-2H3. The quantitative estimate of drug-likeness (QED) is 0.507. The van der Waals surface area contributed by atoms with E-state index >= 15 is 0 Å². The van der Waals surface area contributed by atoms with E-state index in [0.29, 0.717) is 0 Å². The van der Waals surface area contributed by atoms with Crippen molar-refractivity contribution >= 4 is 23.1 Å². The lowest BCUT2D eigenvalue weighted by Gasteiger charge is -2.11. The summed E-state index contributed by atoms with van der Waals surface area (Å²) in [5, 5.41) is 8.49. The normalized spacial score (nSPS) is 11.0. The molecule has 3 aromatic heterocycles. The van der Waals surface area contributed by atoms with Crippen molar-refractivity contribution in [2.75, 3.05) is 0 Å². The molecule has 1 aromatic carbocycles. The number of pyridine rings is 1. The number of aryl methyl sites for hydroxylation is 2. The van der Waals surface area contributed by atoms with E-state index in [2.05, 4.69) is 50.8 Å². The number of benzene rings is 1. The summed E-state index contributed by atoms with van der Waals surface area (Å²) in [6.45, 7) is 2.03. The number of hydrogen-bond acceptors (Lipinski definition) is 5. The second kappa shape index (κ2) is 6.82. The third-order valence-electron chi connectivity index (χ3n) is 3.78. The molecule has 4 aromatic rings. The lowest BCUT2D eigenvalue weighted by molar-refractivity contribution is 0.768. The molecule has 3 heterocycles. The highest BCUT2D eigenvalue weighted by molar-refractivity contribution is 7.99. The van der Waals surface area contributed by atoms with E-state index < -0.39 is 0 Å². The van der Waals surface area contributed by atoms with Crippen LogP contribution in [0, 0.1) is 6.92 Å². The van der Waals surface area contributed by atoms with Gasteiger partial charge in [0.2, 0.25) is 0 Å². The molecule has 6 heteroatoms. The Hall–Kier alpha value is -2.44. The van der Waals surface area contributed by atoms with Crippen LogP contribution in [-0.4, -0.2) is 19.7 Å². The van der Waals surface area contributed by atoms with Crippen molar-refractivity contribution in [3.8, 4) is 22.4 Å². The highest BCUT2D eigenvalue weighted by atomic mass is 32.2. The largest absolute Gasteiger partial charge is 0.275 e. The maximum absolute atomic E-state index is 4.61. The Morgan fingerprint density at radius 3 is 2.68 bits per heavy atom. The van der Waals surface area contributed by atoms with Crippen LogP contribution in [0.5, 0.6) is 0 Å². The van der Waals surface area contributed by atoms with E-state index in [4.69, 9.17) is 0 Å². The molecule has 25 heavy (non-hydrogen) atoms.